The smallest absolute Gasteiger partial charge is 0.235 e. The summed E-state index contributed by atoms with van der Waals surface area (Å²) in [4.78, 5) is 12.1. The molecule has 1 unspecified atom stereocenters. The quantitative estimate of drug-likeness (QED) is 0.475. The van der Waals surface area contributed by atoms with E-state index in [4.69, 9.17) is 0 Å². The molecule has 0 bridgehead atoms. The van der Waals surface area contributed by atoms with Gasteiger partial charge in [0.1, 0.15) is 0 Å². The van der Waals surface area contributed by atoms with Gasteiger partial charge >= 0.3 is 0 Å². The minimum atomic E-state index is -1.57. The third kappa shape index (κ3) is 4.21. The van der Waals surface area contributed by atoms with Gasteiger partial charge in [-0.15, -0.1) is 0 Å². The predicted octanol–water partition coefficient (Wildman–Crippen LogP) is 3.32. The standard InChI is InChI=1S/C11H13INO2S/c1-2-6-10(12)11(14)13-16(15)9-7-4-3-5-8-9/h3-5,7-8,10H,2,6H2,1H3/q-1. The Labute approximate surface area is 111 Å². The van der Waals surface area contributed by atoms with E-state index in [9.17, 15) is 9.00 Å². The van der Waals surface area contributed by atoms with Crippen LogP contribution in [0.4, 0.5) is 0 Å². The van der Waals surface area contributed by atoms with Crippen molar-refractivity contribution in [2.45, 2.75) is 28.6 Å². The molecule has 0 N–H and O–H groups in total. The Morgan fingerprint density at radius 1 is 1.44 bits per heavy atom. The first-order chi connectivity index (χ1) is 7.65. The first-order valence-corrected chi connectivity index (χ1v) is 7.37. The lowest BCUT2D eigenvalue weighted by Crippen LogP contribution is -2.10. The lowest BCUT2D eigenvalue weighted by molar-refractivity contribution is -0.116. The minimum Gasteiger partial charge on any atom is -0.440 e. The molecular formula is C11H13INO2S-. The molecule has 0 aliphatic heterocycles. The van der Waals surface area contributed by atoms with E-state index in [1.165, 1.54) is 0 Å². The maximum absolute atomic E-state index is 11.7. The second-order valence-electron chi connectivity index (χ2n) is 3.25. The van der Waals surface area contributed by atoms with Crippen molar-refractivity contribution in [1.29, 1.82) is 0 Å². The van der Waals surface area contributed by atoms with Gasteiger partial charge in [-0.25, -0.2) is 0 Å². The third-order valence-electron chi connectivity index (χ3n) is 1.93. The minimum absolute atomic E-state index is 0.171. The molecule has 16 heavy (non-hydrogen) atoms. The van der Waals surface area contributed by atoms with Gasteiger partial charge in [0.05, 0.1) is 3.92 Å². The van der Waals surface area contributed by atoms with Crippen molar-refractivity contribution in [3.05, 3.63) is 30.3 Å². The lowest BCUT2D eigenvalue weighted by atomic mass is 10.2. The second kappa shape index (κ2) is 7.01. The van der Waals surface area contributed by atoms with Gasteiger partial charge in [-0.3, -0.25) is 4.79 Å². The number of hydrogen-bond acceptors (Lipinski definition) is 3. The van der Waals surface area contributed by atoms with E-state index in [1.807, 2.05) is 35.6 Å². The average molecular weight is 350 g/mol. The Hall–Kier alpha value is -0.430. The molecule has 3 nitrogen and oxygen atoms in total. The number of alkyl halides is 1. The second-order valence-corrected chi connectivity index (χ2v) is 5.90. The zero-order valence-electron chi connectivity index (χ0n) is 8.93. The van der Waals surface area contributed by atoms with Gasteiger partial charge in [0.15, 0.2) is 0 Å². The van der Waals surface area contributed by atoms with E-state index in [1.54, 1.807) is 24.3 Å². The highest BCUT2D eigenvalue weighted by Crippen LogP contribution is 2.11. The Balaban J connectivity index is 2.78. The summed E-state index contributed by atoms with van der Waals surface area (Å²) in [6, 6.07) is 8.80. The van der Waals surface area contributed by atoms with Crippen LogP contribution in [0.25, 0.3) is 0 Å². The predicted molar refractivity (Wildman–Crippen MR) is 72.9 cm³/mol. The first-order valence-electron chi connectivity index (χ1n) is 5.01. The van der Waals surface area contributed by atoms with E-state index >= 15 is 0 Å². The fourth-order valence-corrected chi connectivity index (χ4v) is 2.84. The van der Waals surface area contributed by atoms with Gasteiger partial charge in [-0.2, -0.15) is 10.6 Å². The van der Waals surface area contributed by atoms with Crippen molar-refractivity contribution in [1.82, 2.24) is 0 Å². The number of halogens is 1. The number of rotatable bonds is 4. The molecule has 0 heterocycles. The Morgan fingerprint density at radius 2 is 2.06 bits per heavy atom. The topological polar surface area (TPSA) is 46.5 Å². The molecule has 1 aromatic carbocycles. The molecule has 0 fully saturated rings. The molecule has 0 aliphatic rings. The SMILES string of the molecule is CCCC(I)C(=O)N=[S-](=O)c1ccccc1. The summed E-state index contributed by atoms with van der Waals surface area (Å²) >= 11 is 2.04. The molecule has 0 aliphatic carbocycles. The van der Waals surface area contributed by atoms with Crippen LogP contribution in [-0.4, -0.2) is 9.83 Å². The van der Waals surface area contributed by atoms with E-state index < -0.39 is 10.6 Å². The molecule has 1 aromatic rings. The summed E-state index contributed by atoms with van der Waals surface area (Å²) in [6.07, 6.45) is 1.70. The number of nitrogens with zero attached hydrogens (tertiary/aromatic N) is 1. The van der Waals surface area contributed by atoms with Crippen LogP contribution >= 0.6 is 22.6 Å². The number of hydrogen-bond donors (Lipinski definition) is 0. The van der Waals surface area contributed by atoms with Crippen LogP contribution in [0.2, 0.25) is 0 Å². The van der Waals surface area contributed by atoms with E-state index in [2.05, 4.69) is 4.36 Å². The molecule has 0 spiro atoms. The van der Waals surface area contributed by atoms with Crippen molar-refractivity contribution >= 4 is 39.1 Å². The summed E-state index contributed by atoms with van der Waals surface area (Å²) < 4.78 is 15.2. The number of amides is 1. The highest BCUT2D eigenvalue weighted by atomic mass is 127. The van der Waals surface area contributed by atoms with E-state index in [0.717, 1.165) is 12.8 Å². The molecule has 0 saturated heterocycles. The molecule has 1 atom stereocenters. The highest BCUT2D eigenvalue weighted by Gasteiger charge is 2.09. The van der Waals surface area contributed by atoms with Gasteiger partial charge in [0.25, 0.3) is 0 Å². The van der Waals surface area contributed by atoms with Crippen molar-refractivity contribution in [3.63, 3.8) is 0 Å². The summed E-state index contributed by atoms with van der Waals surface area (Å²) in [5.74, 6) is -0.287. The van der Waals surface area contributed by atoms with Crippen molar-refractivity contribution < 1.29 is 9.00 Å². The molecule has 1 amide bonds. The summed E-state index contributed by atoms with van der Waals surface area (Å²) in [5.41, 5.74) is 0. The molecule has 1 rings (SSSR count). The third-order valence-corrected chi connectivity index (χ3v) is 4.10. The first kappa shape index (κ1) is 13.6. The lowest BCUT2D eigenvalue weighted by Gasteiger charge is -2.07. The maximum atomic E-state index is 11.7. The van der Waals surface area contributed by atoms with Crippen LogP contribution in [0, 0.1) is 0 Å². The number of carbonyl (C=O) groups is 1. The Bertz CT molecular complexity index is 427. The van der Waals surface area contributed by atoms with Crippen LogP contribution in [0.15, 0.2) is 39.6 Å². The molecule has 0 radical (unpaired) electrons. The summed E-state index contributed by atoms with van der Waals surface area (Å²) in [7, 11) is -1.57. The van der Waals surface area contributed by atoms with Crippen molar-refractivity contribution in [2.75, 3.05) is 0 Å². The highest BCUT2D eigenvalue weighted by molar-refractivity contribution is 14.1. The number of carbonyl (C=O) groups excluding carboxylic acids is 1. The van der Waals surface area contributed by atoms with E-state index in [-0.39, 0.29) is 9.83 Å². The molecule has 0 saturated carbocycles. The molecule has 88 valence electrons. The van der Waals surface area contributed by atoms with Crippen LogP contribution in [0.1, 0.15) is 19.8 Å². The Kier molecular flexibility index (Phi) is 5.97. The van der Waals surface area contributed by atoms with Crippen molar-refractivity contribution in [2.24, 2.45) is 4.36 Å². The molecule has 0 aromatic heterocycles. The monoisotopic (exact) mass is 350 g/mol. The van der Waals surface area contributed by atoms with E-state index in [0.29, 0.717) is 4.90 Å². The largest absolute Gasteiger partial charge is 0.440 e. The zero-order chi connectivity index (χ0) is 12.0. The van der Waals surface area contributed by atoms with Gasteiger partial charge < -0.3 is 8.57 Å². The normalized spacial score (nSPS) is 14.6. The summed E-state index contributed by atoms with van der Waals surface area (Å²) in [6.45, 7) is 2.01. The maximum Gasteiger partial charge on any atom is 0.235 e. The van der Waals surface area contributed by atoms with Crippen LogP contribution < -0.4 is 0 Å². The van der Waals surface area contributed by atoms with Crippen LogP contribution in [0.5, 0.6) is 0 Å². The fourth-order valence-electron chi connectivity index (χ4n) is 1.11. The van der Waals surface area contributed by atoms with Gasteiger partial charge in [0.2, 0.25) is 5.91 Å². The molecular weight excluding hydrogens is 337 g/mol. The van der Waals surface area contributed by atoms with Gasteiger partial charge in [0, 0.05) is 0 Å². The average Bonchev–Trinajstić information content (AvgIpc) is 2.30. The van der Waals surface area contributed by atoms with Gasteiger partial charge in [-0.1, -0.05) is 71.2 Å². The fraction of sp³-hybridized carbons (Fsp3) is 0.364. The molecule has 5 heteroatoms. The van der Waals surface area contributed by atoms with Crippen LogP contribution in [-0.2, 0) is 19.6 Å². The number of benzene rings is 1. The summed E-state index contributed by atoms with van der Waals surface area (Å²) in [5, 5.41) is 0. The van der Waals surface area contributed by atoms with Crippen LogP contribution in [0.3, 0.4) is 0 Å². The van der Waals surface area contributed by atoms with Gasteiger partial charge in [-0.05, 0) is 6.42 Å². The zero-order valence-corrected chi connectivity index (χ0v) is 11.9. The Morgan fingerprint density at radius 3 is 2.62 bits per heavy atom. The van der Waals surface area contributed by atoms with Crippen molar-refractivity contribution in [3.8, 4) is 0 Å².